The molecule has 0 bridgehead atoms. The first kappa shape index (κ1) is 23.8. The number of rotatable bonds is 6. The van der Waals surface area contributed by atoms with Crippen LogP contribution in [-0.2, 0) is 16.1 Å². The lowest BCUT2D eigenvalue weighted by atomic mass is 9.92. The van der Waals surface area contributed by atoms with Crippen molar-refractivity contribution >= 4 is 40.2 Å². The number of anilines is 1. The second-order valence-corrected chi connectivity index (χ2v) is 8.33. The Morgan fingerprint density at radius 3 is 2.82 bits per heavy atom. The van der Waals surface area contributed by atoms with E-state index in [1.165, 1.54) is 36.5 Å². The largest absolute Gasteiger partial charge is 0.447 e. The Hall–Kier alpha value is -3.34. The van der Waals surface area contributed by atoms with E-state index in [1.54, 1.807) is 12.1 Å². The number of amides is 2. The maximum atomic E-state index is 13.7. The van der Waals surface area contributed by atoms with Crippen molar-refractivity contribution < 1.29 is 23.1 Å². The average molecular weight is 490 g/mol. The maximum absolute atomic E-state index is 13.7. The van der Waals surface area contributed by atoms with Crippen LogP contribution in [0.25, 0.3) is 10.8 Å². The molecule has 2 atom stereocenters. The van der Waals surface area contributed by atoms with Crippen molar-refractivity contribution in [1.29, 1.82) is 0 Å². The molecule has 2 aromatic carbocycles. The number of benzene rings is 2. The van der Waals surface area contributed by atoms with Crippen LogP contribution in [0.5, 0.6) is 0 Å². The summed E-state index contributed by atoms with van der Waals surface area (Å²) < 4.78 is 32.5. The summed E-state index contributed by atoms with van der Waals surface area (Å²) in [6, 6.07) is 9.38. The zero-order valence-corrected chi connectivity index (χ0v) is 18.7. The molecule has 0 unspecified atom stereocenters. The minimum Gasteiger partial charge on any atom is -0.447 e. The van der Waals surface area contributed by atoms with Crippen LogP contribution in [0.15, 0.2) is 48.7 Å². The van der Waals surface area contributed by atoms with Gasteiger partial charge < -0.3 is 15.8 Å². The number of halogens is 3. The number of ether oxygens (including phenoxy) is 1. The van der Waals surface area contributed by atoms with Crippen LogP contribution in [0.2, 0.25) is 5.02 Å². The standard InChI is InChI=1S/C23H22ClF2N5O3/c24-20-14(2-1-3-17(20)26)11-29-21(32)23(18(27)6-7-30-23)12-34-22(33)31-19-9-15-8-16(25)5-4-13(15)10-28-19/h1-5,8-10,18,30H,6-7,11-12,27H2,(H,29,32)(H,28,31,33)/t18-,23+/m0/s1. The summed E-state index contributed by atoms with van der Waals surface area (Å²) in [5, 5.41) is 9.35. The summed E-state index contributed by atoms with van der Waals surface area (Å²) in [4.78, 5) is 29.5. The smallest absolute Gasteiger partial charge is 0.412 e. The molecule has 2 heterocycles. The molecule has 0 saturated carbocycles. The molecule has 5 N–H and O–H groups in total. The van der Waals surface area contributed by atoms with E-state index < -0.39 is 35.2 Å². The first-order valence-electron chi connectivity index (χ1n) is 10.5. The third kappa shape index (κ3) is 4.93. The van der Waals surface area contributed by atoms with Crippen molar-refractivity contribution in [3.05, 3.63) is 70.9 Å². The average Bonchev–Trinajstić information content (AvgIpc) is 3.19. The number of hydrogen-bond acceptors (Lipinski definition) is 6. The number of hydrogen-bond donors (Lipinski definition) is 4. The molecule has 0 radical (unpaired) electrons. The summed E-state index contributed by atoms with van der Waals surface area (Å²) >= 11 is 5.95. The van der Waals surface area contributed by atoms with Crippen LogP contribution in [0.4, 0.5) is 19.4 Å². The Bertz CT molecular complexity index is 1240. The van der Waals surface area contributed by atoms with Gasteiger partial charge in [0.25, 0.3) is 0 Å². The maximum Gasteiger partial charge on any atom is 0.412 e. The molecule has 4 rings (SSSR count). The molecule has 1 aliphatic rings. The first-order chi connectivity index (χ1) is 16.3. The van der Waals surface area contributed by atoms with Crippen LogP contribution in [0, 0.1) is 11.6 Å². The van der Waals surface area contributed by atoms with Crippen LogP contribution < -0.4 is 21.7 Å². The van der Waals surface area contributed by atoms with Gasteiger partial charge in [0.15, 0.2) is 0 Å². The van der Waals surface area contributed by atoms with Gasteiger partial charge in [0.05, 0.1) is 5.02 Å². The van der Waals surface area contributed by atoms with E-state index in [1.807, 2.05) is 0 Å². The molecule has 1 aromatic heterocycles. The van der Waals surface area contributed by atoms with Crippen molar-refractivity contribution in [2.45, 2.75) is 24.5 Å². The molecule has 2 amide bonds. The second kappa shape index (κ2) is 9.88. The Kier molecular flexibility index (Phi) is 6.92. The Morgan fingerprint density at radius 1 is 1.24 bits per heavy atom. The lowest BCUT2D eigenvalue weighted by Gasteiger charge is -2.31. The highest BCUT2D eigenvalue weighted by Gasteiger charge is 2.48. The van der Waals surface area contributed by atoms with Crippen LogP contribution in [0.3, 0.4) is 0 Å². The lowest BCUT2D eigenvalue weighted by Crippen LogP contribution is -2.64. The van der Waals surface area contributed by atoms with Gasteiger partial charge in [0.1, 0.15) is 29.6 Å². The van der Waals surface area contributed by atoms with Gasteiger partial charge in [-0.15, -0.1) is 0 Å². The number of nitrogens with zero attached hydrogens (tertiary/aromatic N) is 1. The third-order valence-electron chi connectivity index (χ3n) is 5.75. The van der Waals surface area contributed by atoms with Gasteiger partial charge in [0, 0.05) is 24.2 Å². The Balaban J connectivity index is 1.41. The fourth-order valence-corrected chi connectivity index (χ4v) is 4.01. The monoisotopic (exact) mass is 489 g/mol. The van der Waals surface area contributed by atoms with E-state index in [-0.39, 0.29) is 24.0 Å². The number of nitrogens with two attached hydrogens (primary N) is 1. The van der Waals surface area contributed by atoms with Crippen molar-refractivity contribution in [2.75, 3.05) is 18.5 Å². The van der Waals surface area contributed by atoms with E-state index in [0.29, 0.717) is 29.3 Å². The number of fused-ring (bicyclic) bond motifs is 1. The Labute approximate surface area is 198 Å². The number of nitrogens with one attached hydrogen (secondary N) is 3. The van der Waals surface area contributed by atoms with Gasteiger partial charge in [-0.05, 0) is 54.2 Å². The first-order valence-corrected chi connectivity index (χ1v) is 10.9. The fourth-order valence-electron chi connectivity index (χ4n) is 3.82. The van der Waals surface area contributed by atoms with Gasteiger partial charge in [-0.25, -0.2) is 18.6 Å². The zero-order valence-electron chi connectivity index (χ0n) is 17.9. The molecule has 178 valence electrons. The van der Waals surface area contributed by atoms with Gasteiger partial charge in [-0.2, -0.15) is 0 Å². The highest BCUT2D eigenvalue weighted by molar-refractivity contribution is 6.31. The zero-order chi connectivity index (χ0) is 24.3. The minimum atomic E-state index is -1.38. The molecule has 1 aliphatic heterocycles. The molecule has 1 fully saturated rings. The number of carbonyl (C=O) groups is 2. The highest BCUT2D eigenvalue weighted by Crippen LogP contribution is 2.23. The van der Waals surface area contributed by atoms with Crippen molar-refractivity contribution in [1.82, 2.24) is 15.6 Å². The van der Waals surface area contributed by atoms with Crippen molar-refractivity contribution in [3.8, 4) is 0 Å². The van der Waals surface area contributed by atoms with E-state index >= 15 is 0 Å². The summed E-state index contributed by atoms with van der Waals surface area (Å²) in [6.07, 6.45) is 1.12. The topological polar surface area (TPSA) is 118 Å². The van der Waals surface area contributed by atoms with Gasteiger partial charge in [-0.1, -0.05) is 23.7 Å². The molecule has 3 aromatic rings. The number of pyridine rings is 1. The van der Waals surface area contributed by atoms with Crippen LogP contribution in [-0.4, -0.2) is 41.7 Å². The van der Waals surface area contributed by atoms with Gasteiger partial charge >= 0.3 is 6.09 Å². The SMILES string of the molecule is N[C@H]1CCN[C@@]1(COC(=O)Nc1cc2cc(F)ccc2cn1)C(=O)NCc1cccc(F)c1Cl. The van der Waals surface area contributed by atoms with Gasteiger partial charge in [0.2, 0.25) is 5.91 Å². The molecule has 0 aliphatic carbocycles. The molecule has 11 heteroatoms. The van der Waals surface area contributed by atoms with Crippen LogP contribution >= 0.6 is 11.6 Å². The molecule has 0 spiro atoms. The molecule has 34 heavy (non-hydrogen) atoms. The quantitative estimate of drug-likeness (QED) is 0.422. The fraction of sp³-hybridized carbons (Fsp3) is 0.261. The summed E-state index contributed by atoms with van der Waals surface area (Å²) in [7, 11) is 0. The van der Waals surface area contributed by atoms with E-state index in [9.17, 15) is 18.4 Å². The van der Waals surface area contributed by atoms with Crippen molar-refractivity contribution in [2.24, 2.45) is 5.73 Å². The predicted molar refractivity (Wildman–Crippen MR) is 123 cm³/mol. The van der Waals surface area contributed by atoms with Crippen LogP contribution in [0.1, 0.15) is 12.0 Å². The second-order valence-electron chi connectivity index (χ2n) is 7.95. The summed E-state index contributed by atoms with van der Waals surface area (Å²) in [6.45, 7) is 0.0539. The minimum absolute atomic E-state index is 0.0324. The normalized spacial score (nSPS) is 19.7. The third-order valence-corrected chi connectivity index (χ3v) is 6.17. The van der Waals surface area contributed by atoms with E-state index in [2.05, 4.69) is 20.9 Å². The molecular formula is C23H22ClF2N5O3. The lowest BCUT2D eigenvalue weighted by molar-refractivity contribution is -0.129. The summed E-state index contributed by atoms with van der Waals surface area (Å²) in [5.41, 5.74) is 5.20. The summed E-state index contributed by atoms with van der Waals surface area (Å²) in [5.74, 6) is -1.36. The molecule has 1 saturated heterocycles. The van der Waals surface area contributed by atoms with E-state index in [4.69, 9.17) is 22.1 Å². The van der Waals surface area contributed by atoms with Gasteiger partial charge in [-0.3, -0.25) is 15.4 Å². The highest BCUT2D eigenvalue weighted by atomic mass is 35.5. The van der Waals surface area contributed by atoms with E-state index in [0.717, 1.165) is 0 Å². The molecular weight excluding hydrogens is 468 g/mol. The number of aromatic nitrogens is 1. The Morgan fingerprint density at radius 2 is 2.06 bits per heavy atom. The predicted octanol–water partition coefficient (Wildman–Crippen LogP) is 3.09. The van der Waals surface area contributed by atoms with Crippen molar-refractivity contribution in [3.63, 3.8) is 0 Å². The number of carbonyl (C=O) groups excluding carboxylic acids is 2. The molecule has 8 nitrogen and oxygen atoms in total.